The van der Waals surface area contributed by atoms with Crippen molar-refractivity contribution in [1.82, 2.24) is 0 Å². The van der Waals surface area contributed by atoms with Gasteiger partial charge in [-0.25, -0.2) is 0 Å². The summed E-state index contributed by atoms with van der Waals surface area (Å²) in [4.78, 5) is 13.6. The fourth-order valence-electron chi connectivity index (χ4n) is 2.38. The van der Waals surface area contributed by atoms with Crippen LogP contribution in [-0.2, 0) is 4.74 Å². The van der Waals surface area contributed by atoms with Gasteiger partial charge in [-0.05, 0) is 31.9 Å². The number of carbonyl (C=O) groups is 1. The molecule has 1 heterocycles. The zero-order chi connectivity index (χ0) is 13.2. The Labute approximate surface area is 108 Å². The van der Waals surface area contributed by atoms with Crippen LogP contribution in [0.1, 0.15) is 30.1 Å². The summed E-state index contributed by atoms with van der Waals surface area (Å²) in [5.74, 6) is -0.370. The molecule has 1 aliphatic rings. The third-order valence-corrected chi connectivity index (χ3v) is 3.82. The Morgan fingerprint density at radius 1 is 1.33 bits per heavy atom. The largest absolute Gasteiger partial charge is 0.378 e. The molecule has 4 nitrogen and oxygen atoms in total. The summed E-state index contributed by atoms with van der Waals surface area (Å²) in [5, 5.41) is 0. The molecule has 0 aliphatic carbocycles. The molecule has 0 bridgehead atoms. The van der Waals surface area contributed by atoms with Gasteiger partial charge in [-0.3, -0.25) is 4.79 Å². The number of benzene rings is 1. The van der Waals surface area contributed by atoms with Crippen LogP contribution in [0.2, 0.25) is 0 Å². The lowest BCUT2D eigenvalue weighted by Gasteiger charge is -2.39. The second-order valence-corrected chi connectivity index (χ2v) is 5.02. The summed E-state index contributed by atoms with van der Waals surface area (Å²) in [7, 11) is 1.76. The van der Waals surface area contributed by atoms with E-state index in [-0.39, 0.29) is 11.5 Å². The first kappa shape index (κ1) is 12.9. The first-order valence-corrected chi connectivity index (χ1v) is 6.25. The summed E-state index contributed by atoms with van der Waals surface area (Å²) < 4.78 is 5.52. The predicted octanol–water partition coefficient (Wildman–Crippen LogP) is 1.79. The van der Waals surface area contributed by atoms with Crippen LogP contribution in [-0.4, -0.2) is 31.7 Å². The Morgan fingerprint density at radius 2 is 1.94 bits per heavy atom. The molecule has 0 atom stereocenters. The molecule has 0 unspecified atom stereocenters. The highest BCUT2D eigenvalue weighted by Crippen LogP contribution is 2.29. The van der Waals surface area contributed by atoms with E-state index in [1.54, 1.807) is 13.2 Å². The molecule has 18 heavy (non-hydrogen) atoms. The molecule has 2 rings (SSSR count). The molecule has 1 amide bonds. The molecule has 1 fully saturated rings. The van der Waals surface area contributed by atoms with Gasteiger partial charge in [-0.15, -0.1) is 0 Å². The van der Waals surface area contributed by atoms with Crippen LogP contribution in [0.3, 0.4) is 0 Å². The lowest BCUT2D eigenvalue weighted by Crippen LogP contribution is -2.44. The van der Waals surface area contributed by atoms with E-state index in [9.17, 15) is 4.79 Å². The van der Waals surface area contributed by atoms with Crippen molar-refractivity contribution in [2.45, 2.75) is 25.4 Å². The average Bonchev–Trinajstić information content (AvgIpc) is 2.39. The van der Waals surface area contributed by atoms with Gasteiger partial charge in [-0.2, -0.15) is 0 Å². The summed E-state index contributed by atoms with van der Waals surface area (Å²) in [6, 6.07) is 7.51. The number of rotatable bonds is 3. The summed E-state index contributed by atoms with van der Waals surface area (Å²) >= 11 is 0. The number of piperidine rings is 1. The number of ether oxygens (including phenoxy) is 1. The lowest BCUT2D eigenvalue weighted by atomic mass is 9.92. The van der Waals surface area contributed by atoms with E-state index in [1.165, 1.54) is 0 Å². The molecule has 2 N–H and O–H groups in total. The minimum atomic E-state index is -0.370. The van der Waals surface area contributed by atoms with Gasteiger partial charge in [0.25, 0.3) is 5.91 Å². The zero-order valence-corrected chi connectivity index (χ0v) is 11.0. The van der Waals surface area contributed by atoms with E-state index in [0.29, 0.717) is 5.56 Å². The third-order valence-electron chi connectivity index (χ3n) is 3.82. The van der Waals surface area contributed by atoms with Crippen LogP contribution >= 0.6 is 0 Å². The van der Waals surface area contributed by atoms with E-state index >= 15 is 0 Å². The van der Waals surface area contributed by atoms with E-state index in [1.807, 2.05) is 18.2 Å². The maximum atomic E-state index is 11.4. The molecular formula is C14H20N2O2. The van der Waals surface area contributed by atoms with Crippen molar-refractivity contribution >= 4 is 11.6 Å². The van der Waals surface area contributed by atoms with Gasteiger partial charge in [0.1, 0.15) is 0 Å². The van der Waals surface area contributed by atoms with E-state index < -0.39 is 0 Å². The topological polar surface area (TPSA) is 55.6 Å². The maximum absolute atomic E-state index is 11.4. The smallest absolute Gasteiger partial charge is 0.250 e. The van der Waals surface area contributed by atoms with Gasteiger partial charge < -0.3 is 15.4 Å². The maximum Gasteiger partial charge on any atom is 0.250 e. The molecule has 1 aromatic carbocycles. The Balaban J connectivity index is 2.17. The molecular weight excluding hydrogens is 228 g/mol. The minimum absolute atomic E-state index is 0.0435. The standard InChI is InChI=1S/C14H20N2O2/c1-14(18-2)7-9-16(10-8-14)12-6-4-3-5-11(12)13(15)17/h3-6H,7-10H2,1-2H3,(H2,15,17). The molecule has 0 aromatic heterocycles. The highest BCUT2D eigenvalue weighted by molar-refractivity contribution is 5.98. The van der Waals surface area contributed by atoms with E-state index in [2.05, 4.69) is 11.8 Å². The number of nitrogens with two attached hydrogens (primary N) is 1. The second kappa shape index (κ2) is 4.98. The van der Waals surface area contributed by atoms with Gasteiger partial charge in [0, 0.05) is 25.9 Å². The Kier molecular flexibility index (Phi) is 3.57. The molecule has 0 saturated carbocycles. The molecule has 0 spiro atoms. The van der Waals surface area contributed by atoms with Crippen molar-refractivity contribution < 1.29 is 9.53 Å². The molecule has 98 valence electrons. The van der Waals surface area contributed by atoms with E-state index in [0.717, 1.165) is 31.6 Å². The van der Waals surface area contributed by atoms with Crippen molar-refractivity contribution in [2.24, 2.45) is 5.73 Å². The second-order valence-electron chi connectivity index (χ2n) is 5.02. The third kappa shape index (κ3) is 2.48. The summed E-state index contributed by atoms with van der Waals surface area (Å²) in [5.41, 5.74) is 6.90. The van der Waals surface area contributed by atoms with E-state index in [4.69, 9.17) is 10.5 Å². The Bertz CT molecular complexity index is 437. The number of primary amides is 1. The molecule has 0 radical (unpaired) electrons. The monoisotopic (exact) mass is 248 g/mol. The average molecular weight is 248 g/mol. The van der Waals surface area contributed by atoms with Crippen molar-refractivity contribution in [3.63, 3.8) is 0 Å². The van der Waals surface area contributed by atoms with Crippen LogP contribution in [0.4, 0.5) is 5.69 Å². The van der Waals surface area contributed by atoms with Crippen LogP contribution in [0, 0.1) is 0 Å². The van der Waals surface area contributed by atoms with Crippen LogP contribution in [0.15, 0.2) is 24.3 Å². The van der Waals surface area contributed by atoms with Crippen molar-refractivity contribution in [3.8, 4) is 0 Å². The quantitative estimate of drug-likeness (QED) is 0.887. The number of nitrogens with zero attached hydrogens (tertiary/aromatic N) is 1. The Hall–Kier alpha value is -1.55. The number of para-hydroxylation sites is 1. The first-order valence-electron chi connectivity index (χ1n) is 6.25. The number of methoxy groups -OCH3 is 1. The first-order chi connectivity index (χ1) is 8.56. The number of carbonyl (C=O) groups excluding carboxylic acids is 1. The van der Waals surface area contributed by atoms with Crippen LogP contribution in [0.5, 0.6) is 0 Å². The van der Waals surface area contributed by atoms with Crippen molar-refractivity contribution in [1.29, 1.82) is 0 Å². The van der Waals surface area contributed by atoms with Gasteiger partial charge in [0.15, 0.2) is 0 Å². The van der Waals surface area contributed by atoms with Gasteiger partial charge in [0.05, 0.1) is 11.2 Å². The Morgan fingerprint density at radius 3 is 2.50 bits per heavy atom. The number of hydrogen-bond donors (Lipinski definition) is 1. The molecule has 4 heteroatoms. The van der Waals surface area contributed by atoms with Gasteiger partial charge >= 0.3 is 0 Å². The summed E-state index contributed by atoms with van der Waals surface area (Å²) in [6.07, 6.45) is 1.91. The molecule has 1 saturated heterocycles. The van der Waals surface area contributed by atoms with Crippen molar-refractivity contribution in [2.75, 3.05) is 25.1 Å². The van der Waals surface area contributed by atoms with Crippen LogP contribution in [0.25, 0.3) is 0 Å². The lowest BCUT2D eigenvalue weighted by molar-refractivity contribution is -0.0132. The van der Waals surface area contributed by atoms with Gasteiger partial charge in [-0.1, -0.05) is 12.1 Å². The van der Waals surface area contributed by atoms with Crippen LogP contribution < -0.4 is 10.6 Å². The zero-order valence-electron chi connectivity index (χ0n) is 11.0. The fraction of sp³-hybridized carbons (Fsp3) is 0.500. The molecule has 1 aliphatic heterocycles. The highest BCUT2D eigenvalue weighted by Gasteiger charge is 2.30. The number of amides is 1. The summed E-state index contributed by atoms with van der Waals surface area (Å²) in [6.45, 7) is 3.90. The fourth-order valence-corrected chi connectivity index (χ4v) is 2.38. The van der Waals surface area contributed by atoms with Crippen molar-refractivity contribution in [3.05, 3.63) is 29.8 Å². The SMILES string of the molecule is COC1(C)CCN(c2ccccc2C(N)=O)CC1. The number of hydrogen-bond acceptors (Lipinski definition) is 3. The minimum Gasteiger partial charge on any atom is -0.378 e. The molecule has 1 aromatic rings. The highest BCUT2D eigenvalue weighted by atomic mass is 16.5. The van der Waals surface area contributed by atoms with Gasteiger partial charge in [0.2, 0.25) is 0 Å². The number of anilines is 1. The normalized spacial score (nSPS) is 18.7. The predicted molar refractivity (Wildman–Crippen MR) is 71.8 cm³/mol.